The molecule has 0 radical (unpaired) electrons. The number of amides is 1. The molecule has 6 heteroatoms. The monoisotopic (exact) mass is 273 g/mol. The summed E-state index contributed by atoms with van der Waals surface area (Å²) in [5.41, 5.74) is 1.64. The van der Waals surface area contributed by atoms with Gasteiger partial charge in [0.05, 0.1) is 11.7 Å². The zero-order chi connectivity index (χ0) is 14.1. The lowest BCUT2D eigenvalue weighted by atomic mass is 10.1. The van der Waals surface area contributed by atoms with E-state index in [1.165, 1.54) is 0 Å². The molecule has 0 aromatic carbocycles. The van der Waals surface area contributed by atoms with Gasteiger partial charge in [0.1, 0.15) is 5.69 Å². The van der Waals surface area contributed by atoms with Crippen LogP contribution in [0, 0.1) is 0 Å². The minimum Gasteiger partial charge on any atom is -0.329 e. The van der Waals surface area contributed by atoms with E-state index in [1.54, 1.807) is 23.1 Å². The van der Waals surface area contributed by atoms with Crippen LogP contribution in [0.25, 0.3) is 0 Å². The smallest absolute Gasteiger partial charge is 0.274 e. The first-order valence-electron chi connectivity index (χ1n) is 7.03. The molecule has 1 saturated heterocycles. The van der Waals surface area contributed by atoms with E-state index in [4.69, 9.17) is 0 Å². The lowest BCUT2D eigenvalue weighted by molar-refractivity contribution is 0.0723. The molecule has 2 aromatic rings. The summed E-state index contributed by atoms with van der Waals surface area (Å²) < 4.78 is 3.63. The maximum absolute atomic E-state index is 12.6. The van der Waals surface area contributed by atoms with E-state index in [0.717, 1.165) is 31.6 Å². The predicted molar refractivity (Wildman–Crippen MR) is 74.1 cm³/mol. The lowest BCUT2D eigenvalue weighted by Gasteiger charge is -2.24. The van der Waals surface area contributed by atoms with E-state index in [2.05, 4.69) is 17.1 Å². The maximum atomic E-state index is 12.6. The number of hydrogen-bond acceptors (Lipinski definition) is 3. The molecule has 0 bridgehead atoms. The molecule has 0 N–H and O–H groups in total. The Morgan fingerprint density at radius 2 is 2.30 bits per heavy atom. The van der Waals surface area contributed by atoms with Crippen LogP contribution in [0.3, 0.4) is 0 Å². The van der Waals surface area contributed by atoms with Crippen LogP contribution in [0.4, 0.5) is 0 Å². The van der Waals surface area contributed by atoms with Crippen LogP contribution in [-0.2, 0) is 13.6 Å². The van der Waals surface area contributed by atoms with Gasteiger partial charge in [0.15, 0.2) is 0 Å². The quantitative estimate of drug-likeness (QED) is 0.853. The summed E-state index contributed by atoms with van der Waals surface area (Å²) in [6.45, 7) is 3.68. The summed E-state index contributed by atoms with van der Waals surface area (Å²) >= 11 is 0. The molecule has 3 rings (SSSR count). The fraction of sp³-hybridized carbons (Fsp3) is 0.500. The largest absolute Gasteiger partial charge is 0.329 e. The van der Waals surface area contributed by atoms with Gasteiger partial charge in [-0.05, 0) is 31.9 Å². The van der Waals surface area contributed by atoms with Gasteiger partial charge in [-0.3, -0.25) is 14.2 Å². The molecule has 1 amide bonds. The van der Waals surface area contributed by atoms with Gasteiger partial charge in [-0.25, -0.2) is 0 Å². The average molecular weight is 273 g/mol. The van der Waals surface area contributed by atoms with Crippen LogP contribution in [0.1, 0.15) is 42.0 Å². The zero-order valence-corrected chi connectivity index (χ0v) is 11.9. The number of carbonyl (C=O) groups is 1. The Bertz CT molecular complexity index is 615. The molecule has 1 aliphatic heterocycles. The number of hydrogen-bond donors (Lipinski definition) is 0. The normalized spacial score (nSPS) is 18.7. The third-order valence-corrected chi connectivity index (χ3v) is 3.84. The Morgan fingerprint density at radius 3 is 3.00 bits per heavy atom. The van der Waals surface area contributed by atoms with Crippen molar-refractivity contribution in [2.24, 2.45) is 7.05 Å². The van der Waals surface area contributed by atoms with Gasteiger partial charge in [0, 0.05) is 32.5 Å². The number of nitrogens with zero attached hydrogens (tertiary/aromatic N) is 5. The molecule has 0 spiro atoms. The van der Waals surface area contributed by atoms with Crippen molar-refractivity contribution in [2.45, 2.75) is 32.4 Å². The lowest BCUT2D eigenvalue weighted by Crippen LogP contribution is -2.32. The molecule has 0 saturated carbocycles. The Kier molecular flexibility index (Phi) is 3.30. The highest BCUT2D eigenvalue weighted by Gasteiger charge is 2.33. The maximum Gasteiger partial charge on any atom is 0.274 e. The first-order valence-corrected chi connectivity index (χ1v) is 7.03. The predicted octanol–water partition coefficient (Wildman–Crippen LogP) is 1.61. The molecular formula is C14H19N5O. The molecule has 106 valence electrons. The summed E-state index contributed by atoms with van der Waals surface area (Å²) in [6, 6.07) is 3.90. The number of rotatable bonds is 3. The van der Waals surface area contributed by atoms with Crippen LogP contribution in [0.2, 0.25) is 0 Å². The van der Waals surface area contributed by atoms with E-state index >= 15 is 0 Å². The second kappa shape index (κ2) is 5.11. The number of likely N-dealkylation sites (tertiary alicyclic amines) is 1. The van der Waals surface area contributed by atoms with Crippen molar-refractivity contribution in [2.75, 3.05) is 6.54 Å². The van der Waals surface area contributed by atoms with Crippen molar-refractivity contribution in [3.63, 3.8) is 0 Å². The Hall–Kier alpha value is -2.11. The van der Waals surface area contributed by atoms with Crippen molar-refractivity contribution in [3.05, 3.63) is 35.9 Å². The van der Waals surface area contributed by atoms with E-state index in [1.807, 2.05) is 22.7 Å². The first kappa shape index (κ1) is 12.9. The minimum atomic E-state index is 0.0111. The molecule has 6 nitrogen and oxygen atoms in total. The van der Waals surface area contributed by atoms with Gasteiger partial charge in [-0.15, -0.1) is 0 Å². The fourth-order valence-corrected chi connectivity index (χ4v) is 2.88. The van der Waals surface area contributed by atoms with Gasteiger partial charge < -0.3 is 4.90 Å². The first-order chi connectivity index (χ1) is 9.70. The van der Waals surface area contributed by atoms with Crippen molar-refractivity contribution in [3.8, 4) is 0 Å². The highest BCUT2D eigenvalue weighted by Crippen LogP contribution is 2.32. The van der Waals surface area contributed by atoms with Crippen LogP contribution in [-0.4, -0.2) is 36.9 Å². The SMILES string of the molecule is CCn1nccc1C1CCCN1C(=O)c1ccn(C)n1. The standard InChI is InChI=1S/C14H19N5O/c1-3-19-13(6-8-15-19)12-5-4-9-18(12)14(20)11-7-10-17(2)16-11/h6-8,10,12H,3-5,9H2,1-2H3. The third kappa shape index (κ3) is 2.11. The summed E-state index contributed by atoms with van der Waals surface area (Å²) in [5, 5.41) is 8.53. The number of aryl methyl sites for hydroxylation is 2. The average Bonchev–Trinajstić information content (AvgIpc) is 3.16. The number of aromatic nitrogens is 4. The van der Waals surface area contributed by atoms with Crippen molar-refractivity contribution in [1.29, 1.82) is 0 Å². The molecule has 0 aliphatic carbocycles. The van der Waals surface area contributed by atoms with E-state index in [0.29, 0.717) is 5.69 Å². The van der Waals surface area contributed by atoms with Gasteiger partial charge in [-0.2, -0.15) is 10.2 Å². The molecular weight excluding hydrogens is 254 g/mol. The van der Waals surface area contributed by atoms with Gasteiger partial charge >= 0.3 is 0 Å². The molecule has 20 heavy (non-hydrogen) atoms. The van der Waals surface area contributed by atoms with Crippen LogP contribution in [0.5, 0.6) is 0 Å². The second-order valence-corrected chi connectivity index (χ2v) is 5.10. The zero-order valence-electron chi connectivity index (χ0n) is 11.9. The highest BCUT2D eigenvalue weighted by molar-refractivity contribution is 5.92. The van der Waals surface area contributed by atoms with Gasteiger partial charge in [-0.1, -0.05) is 0 Å². The molecule has 1 aliphatic rings. The van der Waals surface area contributed by atoms with E-state index in [9.17, 15) is 4.79 Å². The van der Waals surface area contributed by atoms with Crippen LogP contribution < -0.4 is 0 Å². The Morgan fingerprint density at radius 1 is 1.45 bits per heavy atom. The molecule has 3 heterocycles. The van der Waals surface area contributed by atoms with Crippen LogP contribution >= 0.6 is 0 Å². The van der Waals surface area contributed by atoms with Crippen LogP contribution in [0.15, 0.2) is 24.5 Å². The van der Waals surface area contributed by atoms with Crippen molar-refractivity contribution in [1.82, 2.24) is 24.5 Å². The van der Waals surface area contributed by atoms with Gasteiger partial charge in [0.2, 0.25) is 0 Å². The van der Waals surface area contributed by atoms with E-state index in [-0.39, 0.29) is 11.9 Å². The van der Waals surface area contributed by atoms with Gasteiger partial charge in [0.25, 0.3) is 5.91 Å². The Balaban J connectivity index is 1.87. The highest BCUT2D eigenvalue weighted by atomic mass is 16.2. The molecule has 1 atom stereocenters. The third-order valence-electron chi connectivity index (χ3n) is 3.84. The minimum absolute atomic E-state index is 0.0111. The summed E-state index contributed by atoms with van der Waals surface area (Å²) in [5.74, 6) is 0.0111. The van der Waals surface area contributed by atoms with Crippen molar-refractivity contribution >= 4 is 5.91 Å². The fourth-order valence-electron chi connectivity index (χ4n) is 2.88. The summed E-state index contributed by atoms with van der Waals surface area (Å²) in [4.78, 5) is 14.5. The van der Waals surface area contributed by atoms with E-state index < -0.39 is 0 Å². The summed E-state index contributed by atoms with van der Waals surface area (Å²) in [7, 11) is 1.82. The number of carbonyl (C=O) groups excluding carboxylic acids is 1. The van der Waals surface area contributed by atoms with Crippen molar-refractivity contribution < 1.29 is 4.79 Å². The molecule has 1 fully saturated rings. The second-order valence-electron chi connectivity index (χ2n) is 5.10. The topological polar surface area (TPSA) is 56.0 Å². The summed E-state index contributed by atoms with van der Waals surface area (Å²) in [6.07, 6.45) is 5.62. The molecule has 1 unspecified atom stereocenters. The Labute approximate surface area is 118 Å². The molecule has 2 aromatic heterocycles.